The van der Waals surface area contributed by atoms with E-state index in [1.807, 2.05) is 48.1 Å². The van der Waals surface area contributed by atoms with Gasteiger partial charge in [0.2, 0.25) is 5.95 Å². The minimum Gasteiger partial charge on any atom is -0.494 e. The van der Waals surface area contributed by atoms with Crippen LogP contribution in [0.1, 0.15) is 56.6 Å². The van der Waals surface area contributed by atoms with Gasteiger partial charge in [-0.05, 0) is 80.8 Å². The Bertz CT molecular complexity index is 2220. The number of carbonyl (C=O) groups is 1. The summed E-state index contributed by atoms with van der Waals surface area (Å²) in [6.07, 6.45) is 6.58. The van der Waals surface area contributed by atoms with Crippen LogP contribution < -0.4 is 35.9 Å². The van der Waals surface area contributed by atoms with Crippen LogP contribution in [0.25, 0.3) is 21.8 Å². The maximum atomic E-state index is 12.8. The number of aliphatic hydroxyl groups excluding tert-OH is 2. The lowest BCUT2D eigenvalue weighted by molar-refractivity contribution is -0.122. The predicted molar refractivity (Wildman–Crippen MR) is 211 cm³/mol. The van der Waals surface area contributed by atoms with E-state index in [-0.39, 0.29) is 29.7 Å². The molecule has 16 heteroatoms. The molecule has 2 aliphatic rings. The largest absolute Gasteiger partial charge is 0.494 e. The number of halogens is 1. The number of aliphatic hydroxyl groups is 2. The summed E-state index contributed by atoms with van der Waals surface area (Å²) in [4.78, 5) is 36.0. The Morgan fingerprint density at radius 3 is 2.62 bits per heavy atom. The number of nitrogens with one attached hydrogen (secondary N) is 3. The summed E-state index contributed by atoms with van der Waals surface area (Å²) in [6, 6.07) is 13.2. The molecular formula is C39H48ClN9O6. The second-order valence-corrected chi connectivity index (χ2v) is 14.8. The van der Waals surface area contributed by atoms with E-state index < -0.39 is 12.5 Å². The molecule has 3 aromatic heterocycles. The number of rotatable bonds is 13. The minimum absolute atomic E-state index is 0.0856. The summed E-state index contributed by atoms with van der Waals surface area (Å²) in [5, 5.41) is 35.8. The number of unbranched alkanes of at least 4 members (excludes halogenated alkanes) is 1. The molecule has 2 fully saturated rings. The first-order valence-corrected chi connectivity index (χ1v) is 19.2. The highest BCUT2D eigenvalue weighted by Gasteiger charge is 2.32. The molecule has 0 radical (unpaired) electrons. The van der Waals surface area contributed by atoms with Crippen LogP contribution in [-0.2, 0) is 18.9 Å². The number of hydrogen-bond acceptors (Lipinski definition) is 12. The zero-order valence-electron chi connectivity index (χ0n) is 31.3. The zero-order valence-corrected chi connectivity index (χ0v) is 32.1. The van der Waals surface area contributed by atoms with Gasteiger partial charge in [-0.15, -0.1) is 0 Å². The highest BCUT2D eigenvalue weighted by atomic mass is 35.5. The van der Waals surface area contributed by atoms with Gasteiger partial charge in [0.05, 0.1) is 29.5 Å². The van der Waals surface area contributed by atoms with Crippen molar-refractivity contribution in [3.05, 3.63) is 69.7 Å². The van der Waals surface area contributed by atoms with E-state index in [9.17, 15) is 19.8 Å². The topological polar surface area (TPSA) is 181 Å². The number of carbonyl (C=O) groups excluding carboxylic acids is 1. The highest BCUT2D eigenvalue weighted by Crippen LogP contribution is 2.35. The summed E-state index contributed by atoms with van der Waals surface area (Å²) in [5.74, 6) is 2.10. The first-order valence-electron chi connectivity index (χ1n) is 18.8. The Hall–Kier alpha value is -4.96. The first-order chi connectivity index (χ1) is 26.6. The zero-order chi connectivity index (χ0) is 38.6. The van der Waals surface area contributed by atoms with Gasteiger partial charge in [-0.3, -0.25) is 19.6 Å². The van der Waals surface area contributed by atoms with Crippen molar-refractivity contribution in [2.75, 3.05) is 43.6 Å². The van der Waals surface area contributed by atoms with Gasteiger partial charge >= 0.3 is 0 Å². The fraction of sp³-hybridized carbons (Fsp3) is 0.462. The van der Waals surface area contributed by atoms with Crippen molar-refractivity contribution in [2.24, 2.45) is 20.0 Å². The fourth-order valence-electron chi connectivity index (χ4n) is 7.54. The molecule has 292 valence electrons. The third-order valence-electron chi connectivity index (χ3n) is 10.7. The minimum atomic E-state index is -0.838. The van der Waals surface area contributed by atoms with E-state index >= 15 is 0 Å². The number of likely N-dealkylation sites (N-methyl/N-ethyl adjacent to an activating group) is 1. The van der Waals surface area contributed by atoms with Gasteiger partial charge in [0.1, 0.15) is 23.2 Å². The summed E-state index contributed by atoms with van der Waals surface area (Å²) >= 11 is 6.54. The van der Waals surface area contributed by atoms with Crippen molar-refractivity contribution >= 4 is 56.8 Å². The van der Waals surface area contributed by atoms with Crippen molar-refractivity contribution in [1.82, 2.24) is 34.9 Å². The van der Waals surface area contributed by atoms with Gasteiger partial charge in [0.25, 0.3) is 11.5 Å². The van der Waals surface area contributed by atoms with Crippen LogP contribution in [0.4, 0.5) is 17.5 Å². The number of aryl methyl sites for hydroxylation is 2. The van der Waals surface area contributed by atoms with Gasteiger partial charge in [0, 0.05) is 62.7 Å². The molecule has 0 bridgehead atoms. The number of benzene rings is 2. The van der Waals surface area contributed by atoms with Gasteiger partial charge in [-0.2, -0.15) is 10.1 Å². The molecule has 5 N–H and O–H groups in total. The van der Waals surface area contributed by atoms with Crippen LogP contribution >= 0.6 is 11.6 Å². The summed E-state index contributed by atoms with van der Waals surface area (Å²) in [6.45, 7) is 2.09. The molecule has 2 aliphatic heterocycles. The quantitative estimate of drug-likeness (QED) is 0.107. The van der Waals surface area contributed by atoms with E-state index in [0.29, 0.717) is 47.7 Å². The molecule has 1 amide bonds. The van der Waals surface area contributed by atoms with Crippen molar-refractivity contribution < 1.29 is 24.5 Å². The lowest BCUT2D eigenvalue weighted by atomic mass is 9.91. The number of nitrogens with zero attached hydrogens (tertiary/aromatic N) is 6. The SMILES string of the molecule is CNC(=O)COc1cc2cc(Nc3nc(N4CCC(CCCCOc5ccc6c(C7CCC(O)NC7O)nn(C)c6c5)CC4)ncc3Cl)ccc2n(C)c1=O. The van der Waals surface area contributed by atoms with Gasteiger partial charge in [-0.1, -0.05) is 18.0 Å². The van der Waals surface area contributed by atoms with Crippen molar-refractivity contribution in [3.63, 3.8) is 0 Å². The fourth-order valence-corrected chi connectivity index (χ4v) is 7.68. The monoisotopic (exact) mass is 773 g/mol. The van der Waals surface area contributed by atoms with Crippen LogP contribution in [0.5, 0.6) is 11.5 Å². The number of anilines is 3. The number of aromatic nitrogens is 5. The molecule has 3 atom stereocenters. The number of hydrogen-bond donors (Lipinski definition) is 5. The Labute approximate surface area is 323 Å². The molecule has 15 nitrogen and oxygen atoms in total. The van der Waals surface area contributed by atoms with Crippen LogP contribution in [-0.4, -0.2) is 86.2 Å². The van der Waals surface area contributed by atoms with Crippen molar-refractivity contribution in [2.45, 2.75) is 63.3 Å². The highest BCUT2D eigenvalue weighted by molar-refractivity contribution is 6.32. The number of piperidine rings is 2. The molecule has 3 unspecified atom stereocenters. The van der Waals surface area contributed by atoms with E-state index in [1.165, 1.54) is 11.6 Å². The summed E-state index contributed by atoms with van der Waals surface area (Å²) in [7, 11) is 5.07. The van der Waals surface area contributed by atoms with Crippen LogP contribution in [0.3, 0.4) is 0 Å². The average molecular weight is 774 g/mol. The molecule has 0 saturated carbocycles. The Balaban J connectivity index is 0.887. The molecule has 0 aliphatic carbocycles. The standard InChI is InChI=1S/C39H48ClN9O6/c1-41-34(51)22-55-32-19-24-18-25(7-11-30(24)47(2)38(32)53)43-36-29(40)21-42-39(45-36)49-15-13-23(14-16-49)6-4-5-17-54-26-8-9-27-31(20-26)48(3)46-35(27)28-10-12-33(50)44-37(28)52/h7-9,11,18-21,23,28,33,37,44,50,52H,4-6,10,12-17,22H2,1-3H3,(H,41,51)(H,42,43,45). The van der Waals surface area contributed by atoms with E-state index in [4.69, 9.17) is 31.2 Å². The molecule has 7 rings (SSSR count). The predicted octanol–water partition coefficient (Wildman–Crippen LogP) is 4.31. The van der Waals surface area contributed by atoms with Gasteiger partial charge < -0.3 is 39.8 Å². The molecular weight excluding hydrogens is 726 g/mol. The first kappa shape index (κ1) is 38.3. The normalized spacial score (nSPS) is 19.2. The number of amides is 1. The van der Waals surface area contributed by atoms with E-state index in [1.54, 1.807) is 19.3 Å². The lowest BCUT2D eigenvalue weighted by Crippen LogP contribution is -2.46. The van der Waals surface area contributed by atoms with Crippen LogP contribution in [0, 0.1) is 5.92 Å². The number of fused-ring (bicyclic) bond motifs is 2. The third-order valence-corrected chi connectivity index (χ3v) is 11.0. The molecule has 0 spiro atoms. The second kappa shape index (κ2) is 16.8. The van der Waals surface area contributed by atoms with Gasteiger partial charge in [-0.25, -0.2) is 4.98 Å². The van der Waals surface area contributed by atoms with Crippen molar-refractivity contribution in [3.8, 4) is 11.5 Å². The molecule has 5 aromatic rings. The third kappa shape index (κ3) is 8.64. The van der Waals surface area contributed by atoms with Crippen LogP contribution in [0.2, 0.25) is 5.02 Å². The molecule has 55 heavy (non-hydrogen) atoms. The molecule has 2 aromatic carbocycles. The Kier molecular flexibility index (Phi) is 11.7. The summed E-state index contributed by atoms with van der Waals surface area (Å²) in [5.41, 5.74) is 2.89. The smallest absolute Gasteiger partial charge is 0.293 e. The Morgan fingerprint density at radius 1 is 1.02 bits per heavy atom. The second-order valence-electron chi connectivity index (χ2n) is 14.4. The maximum absolute atomic E-state index is 12.8. The van der Waals surface area contributed by atoms with E-state index in [2.05, 4.69) is 25.8 Å². The molecule has 5 heterocycles. The lowest BCUT2D eigenvalue weighted by Gasteiger charge is -2.32. The Morgan fingerprint density at radius 2 is 1.84 bits per heavy atom. The van der Waals surface area contributed by atoms with Gasteiger partial charge in [0.15, 0.2) is 18.2 Å². The average Bonchev–Trinajstić information content (AvgIpc) is 3.51. The number of pyridine rings is 1. The van der Waals surface area contributed by atoms with Crippen molar-refractivity contribution in [1.29, 1.82) is 0 Å². The molecule has 2 saturated heterocycles. The maximum Gasteiger partial charge on any atom is 0.293 e. The van der Waals surface area contributed by atoms with E-state index in [0.717, 1.165) is 78.6 Å². The number of ether oxygens (including phenoxy) is 2. The van der Waals surface area contributed by atoms with Crippen LogP contribution in [0.15, 0.2) is 53.5 Å². The summed E-state index contributed by atoms with van der Waals surface area (Å²) < 4.78 is 15.0.